The lowest BCUT2D eigenvalue weighted by molar-refractivity contribution is -0.115. The number of nitrogens with zero attached hydrogens (tertiary/aromatic N) is 1. The summed E-state index contributed by atoms with van der Waals surface area (Å²) in [7, 11) is -1.19. The summed E-state index contributed by atoms with van der Waals surface area (Å²) in [6.07, 6.45) is 1.60. The smallest absolute Gasteiger partial charge is 0.339 e. The number of carbonyl (C=O) groups is 1. The first-order valence-electron chi connectivity index (χ1n) is 10.1. The molecule has 0 atom stereocenters. The van der Waals surface area contributed by atoms with Gasteiger partial charge in [-0.15, -0.1) is 0 Å². The fraction of sp³-hybridized carbons (Fsp3) is 0.0833. The zero-order chi connectivity index (χ0) is 25.0. The number of methoxy groups -OCH3 is 2. The van der Waals surface area contributed by atoms with E-state index in [0.29, 0.717) is 27.1 Å². The molecule has 4 rings (SSSR count). The van der Waals surface area contributed by atoms with Gasteiger partial charge in [-0.1, -0.05) is 29.8 Å². The predicted octanol–water partition coefficient (Wildman–Crippen LogP) is 5.02. The monoisotopic (exact) mass is 530 g/mol. The van der Waals surface area contributed by atoms with Gasteiger partial charge in [-0.3, -0.25) is 4.79 Å². The van der Waals surface area contributed by atoms with Crippen molar-refractivity contribution in [2.24, 2.45) is 4.99 Å². The van der Waals surface area contributed by atoms with Gasteiger partial charge in [0, 0.05) is 0 Å². The second-order valence-electron chi connectivity index (χ2n) is 7.06. The van der Waals surface area contributed by atoms with Crippen molar-refractivity contribution in [2.75, 3.05) is 14.2 Å². The molecule has 1 aliphatic heterocycles. The molecule has 180 valence electrons. The van der Waals surface area contributed by atoms with E-state index in [1.54, 1.807) is 55.7 Å². The number of halogens is 1. The van der Waals surface area contributed by atoms with E-state index in [-0.39, 0.29) is 27.3 Å². The topological polar surface area (TPSA) is 103 Å². The van der Waals surface area contributed by atoms with E-state index in [4.69, 9.17) is 25.3 Å². The van der Waals surface area contributed by atoms with Crippen molar-refractivity contribution in [1.29, 1.82) is 0 Å². The molecule has 0 radical (unpaired) electrons. The minimum absolute atomic E-state index is 0.00577. The fourth-order valence-corrected chi connectivity index (χ4v) is 5.18. The van der Waals surface area contributed by atoms with Crippen molar-refractivity contribution < 1.29 is 26.9 Å². The number of thioether (sulfide) groups is 1. The maximum atomic E-state index is 12.6. The zero-order valence-corrected chi connectivity index (χ0v) is 20.9. The molecule has 1 amide bonds. The van der Waals surface area contributed by atoms with Crippen molar-refractivity contribution in [2.45, 2.75) is 4.90 Å². The van der Waals surface area contributed by atoms with Crippen LogP contribution in [-0.4, -0.2) is 33.7 Å². The number of ether oxygens (including phenoxy) is 2. The zero-order valence-electron chi connectivity index (χ0n) is 18.5. The summed E-state index contributed by atoms with van der Waals surface area (Å²) in [6, 6.07) is 17.8. The SMILES string of the molecule is COc1ccc(N=C2NC(=O)/C(=C/c3cc(Cl)c(OS(=O)(=O)c4ccccc4)c(OC)c3)S2)cc1. The summed E-state index contributed by atoms with van der Waals surface area (Å²) in [6.45, 7) is 0. The molecule has 1 N–H and O–H groups in total. The van der Waals surface area contributed by atoms with E-state index in [2.05, 4.69) is 10.3 Å². The molecule has 3 aromatic carbocycles. The van der Waals surface area contributed by atoms with E-state index in [0.717, 1.165) is 11.8 Å². The number of hydrogen-bond donors (Lipinski definition) is 1. The highest BCUT2D eigenvalue weighted by Gasteiger charge is 2.25. The Morgan fingerprint density at radius 1 is 1.00 bits per heavy atom. The number of nitrogens with one attached hydrogen (secondary N) is 1. The van der Waals surface area contributed by atoms with Crippen LogP contribution >= 0.6 is 23.4 Å². The lowest BCUT2D eigenvalue weighted by Crippen LogP contribution is -2.19. The van der Waals surface area contributed by atoms with Gasteiger partial charge in [0.25, 0.3) is 5.91 Å². The van der Waals surface area contributed by atoms with Gasteiger partial charge in [-0.25, -0.2) is 4.99 Å². The van der Waals surface area contributed by atoms with Crippen molar-refractivity contribution >= 4 is 56.3 Å². The lowest BCUT2D eigenvalue weighted by atomic mass is 10.2. The summed E-state index contributed by atoms with van der Waals surface area (Å²) < 4.78 is 41.0. The van der Waals surface area contributed by atoms with Crippen molar-refractivity contribution in [3.05, 3.63) is 82.2 Å². The summed E-state index contributed by atoms with van der Waals surface area (Å²) in [4.78, 5) is 17.2. The average molecular weight is 531 g/mol. The van der Waals surface area contributed by atoms with Gasteiger partial charge in [0.15, 0.2) is 10.9 Å². The van der Waals surface area contributed by atoms with Gasteiger partial charge in [0.1, 0.15) is 10.6 Å². The van der Waals surface area contributed by atoms with Crippen LogP contribution in [0.4, 0.5) is 5.69 Å². The number of rotatable bonds is 7. The third-order valence-electron chi connectivity index (χ3n) is 4.73. The minimum Gasteiger partial charge on any atom is -0.497 e. The molecule has 11 heteroatoms. The van der Waals surface area contributed by atoms with E-state index < -0.39 is 10.1 Å². The number of amidine groups is 1. The Morgan fingerprint density at radius 3 is 2.37 bits per heavy atom. The van der Waals surface area contributed by atoms with Gasteiger partial charge in [-0.2, -0.15) is 8.42 Å². The van der Waals surface area contributed by atoms with Crippen LogP contribution < -0.4 is 19.0 Å². The summed E-state index contributed by atoms with van der Waals surface area (Å²) in [5.74, 6) is 0.321. The quantitative estimate of drug-likeness (QED) is 0.338. The Balaban J connectivity index is 1.58. The van der Waals surface area contributed by atoms with Gasteiger partial charge in [0.2, 0.25) is 5.75 Å². The molecule has 35 heavy (non-hydrogen) atoms. The van der Waals surface area contributed by atoms with Gasteiger partial charge >= 0.3 is 10.1 Å². The second-order valence-corrected chi connectivity index (χ2v) is 10.0. The molecule has 0 bridgehead atoms. The second kappa shape index (κ2) is 10.4. The Hall–Kier alpha value is -3.47. The van der Waals surface area contributed by atoms with Crippen LogP contribution in [-0.2, 0) is 14.9 Å². The summed E-state index contributed by atoms with van der Waals surface area (Å²) >= 11 is 7.51. The van der Waals surface area contributed by atoms with Gasteiger partial charge < -0.3 is 19.0 Å². The van der Waals surface area contributed by atoms with E-state index in [1.807, 2.05) is 0 Å². The average Bonchev–Trinajstić information content (AvgIpc) is 3.19. The highest BCUT2D eigenvalue weighted by Crippen LogP contribution is 2.39. The molecule has 0 saturated carbocycles. The first kappa shape index (κ1) is 24.6. The number of carbonyl (C=O) groups excluding carboxylic acids is 1. The van der Waals surface area contributed by atoms with E-state index >= 15 is 0 Å². The molecule has 0 spiro atoms. The molecular formula is C24H19ClN2O6S2. The Bertz CT molecular complexity index is 1420. The molecule has 0 unspecified atom stereocenters. The van der Waals surface area contributed by atoms with Crippen LogP contribution in [0.15, 0.2) is 81.5 Å². The fourth-order valence-electron chi connectivity index (χ4n) is 3.05. The summed E-state index contributed by atoms with van der Waals surface area (Å²) in [5.41, 5.74) is 1.17. The van der Waals surface area contributed by atoms with Crippen molar-refractivity contribution in [1.82, 2.24) is 5.32 Å². The van der Waals surface area contributed by atoms with E-state index in [9.17, 15) is 13.2 Å². The molecule has 1 heterocycles. The molecule has 8 nitrogen and oxygen atoms in total. The molecule has 1 saturated heterocycles. The Labute approximate surface area is 211 Å². The molecule has 3 aromatic rings. The summed E-state index contributed by atoms with van der Waals surface area (Å²) in [5, 5.41) is 3.13. The maximum Gasteiger partial charge on any atom is 0.339 e. The molecule has 1 fully saturated rings. The number of benzene rings is 3. The third-order valence-corrected chi connectivity index (χ3v) is 7.15. The van der Waals surface area contributed by atoms with Crippen LogP contribution in [0.3, 0.4) is 0 Å². The van der Waals surface area contributed by atoms with E-state index in [1.165, 1.54) is 31.4 Å². The van der Waals surface area contributed by atoms with Gasteiger partial charge in [-0.05, 0) is 71.9 Å². The third kappa shape index (κ3) is 5.79. The van der Waals surface area contributed by atoms with Crippen LogP contribution in [0.5, 0.6) is 17.2 Å². The Morgan fingerprint density at radius 2 is 1.71 bits per heavy atom. The maximum absolute atomic E-state index is 12.6. The number of amides is 1. The standard InChI is InChI=1S/C24H19ClN2O6S2/c1-31-17-10-8-16(9-11-17)26-24-27-23(28)21(34-24)14-15-12-19(25)22(20(13-15)32-2)33-35(29,30)18-6-4-3-5-7-18/h3-14H,1-2H3,(H,26,27,28)/b21-14-. The van der Waals surface area contributed by atoms with Crippen LogP contribution in [0.1, 0.15) is 5.56 Å². The highest BCUT2D eigenvalue weighted by atomic mass is 35.5. The largest absolute Gasteiger partial charge is 0.497 e. The van der Waals surface area contributed by atoms with Crippen LogP contribution in [0.25, 0.3) is 6.08 Å². The minimum atomic E-state index is -4.13. The highest BCUT2D eigenvalue weighted by molar-refractivity contribution is 8.18. The first-order chi connectivity index (χ1) is 16.8. The molecule has 0 aliphatic carbocycles. The normalized spacial score (nSPS) is 15.8. The van der Waals surface area contributed by atoms with Gasteiger partial charge in [0.05, 0.1) is 29.8 Å². The first-order valence-corrected chi connectivity index (χ1v) is 12.7. The lowest BCUT2D eigenvalue weighted by Gasteiger charge is -2.13. The number of aliphatic imine (C=N–C) groups is 1. The predicted molar refractivity (Wildman–Crippen MR) is 136 cm³/mol. The van der Waals surface area contributed by atoms with Crippen LogP contribution in [0, 0.1) is 0 Å². The molecular weight excluding hydrogens is 512 g/mol. The molecule has 1 aliphatic rings. The van der Waals surface area contributed by atoms with Crippen LogP contribution in [0.2, 0.25) is 5.02 Å². The van der Waals surface area contributed by atoms with Crippen molar-refractivity contribution in [3.8, 4) is 17.2 Å². The molecule has 0 aromatic heterocycles. The number of hydrogen-bond acceptors (Lipinski definition) is 8. The van der Waals surface area contributed by atoms with Crippen molar-refractivity contribution in [3.63, 3.8) is 0 Å². The Kier molecular flexibility index (Phi) is 7.34.